The van der Waals surface area contributed by atoms with Crippen LogP contribution in [0.1, 0.15) is 90.4 Å². The van der Waals surface area contributed by atoms with Crippen LogP contribution in [-0.4, -0.2) is 133 Å². The first-order valence-corrected chi connectivity index (χ1v) is 17.4. The molecule has 0 aromatic heterocycles. The van der Waals surface area contributed by atoms with Crippen molar-refractivity contribution in [3.63, 3.8) is 0 Å². The predicted molar refractivity (Wildman–Crippen MR) is 178 cm³/mol. The fourth-order valence-corrected chi connectivity index (χ4v) is 3.96. The Labute approximate surface area is 279 Å². The van der Waals surface area contributed by atoms with Gasteiger partial charge in [0.1, 0.15) is 0 Å². The number of ether oxygens (including phenoxy) is 8. The standard InChI is InChI=1S/C31H64O10.C3H4O2/c1-2-3-4-5-6-7-8-9-10-11-12-13-14-16-41-31(33)30-40-29-28-39-27-26-38-25-24-37-23-22-36-21-20-35-19-18-34-17-15-32;1-2-3(4)5/h31-33H,2-30H2,1H3;2H,1H2,(H,4,5). The van der Waals surface area contributed by atoms with Crippen LogP contribution in [0.3, 0.4) is 0 Å². The fraction of sp³-hybridized carbons (Fsp3) is 0.912. The van der Waals surface area contributed by atoms with Gasteiger partial charge >= 0.3 is 5.97 Å². The normalized spacial score (nSPS) is 11.7. The van der Waals surface area contributed by atoms with Gasteiger partial charge in [0, 0.05) is 12.7 Å². The summed E-state index contributed by atoms with van der Waals surface area (Å²) in [6.45, 7) is 12.1. The molecule has 0 heterocycles. The van der Waals surface area contributed by atoms with Crippen molar-refractivity contribution in [2.24, 2.45) is 0 Å². The number of carbonyl (C=O) groups is 1. The summed E-state index contributed by atoms with van der Waals surface area (Å²) in [5.74, 6) is -0.981. The minimum Gasteiger partial charge on any atom is -0.478 e. The van der Waals surface area contributed by atoms with Gasteiger partial charge in [0.2, 0.25) is 0 Å². The molecule has 0 aromatic rings. The minimum absolute atomic E-state index is 0.0277. The van der Waals surface area contributed by atoms with Crippen LogP contribution in [0.5, 0.6) is 0 Å². The zero-order valence-corrected chi connectivity index (χ0v) is 28.9. The second-order valence-electron chi connectivity index (χ2n) is 10.6. The minimum atomic E-state index is -0.981. The van der Waals surface area contributed by atoms with Crippen molar-refractivity contribution in [3.8, 4) is 0 Å². The second-order valence-corrected chi connectivity index (χ2v) is 10.6. The van der Waals surface area contributed by atoms with Crippen molar-refractivity contribution in [1.82, 2.24) is 0 Å². The number of hydrogen-bond acceptors (Lipinski definition) is 11. The molecule has 276 valence electrons. The summed E-state index contributed by atoms with van der Waals surface area (Å²) in [7, 11) is 0. The Kier molecular flexibility index (Phi) is 44.7. The quantitative estimate of drug-likeness (QED) is 0.0472. The molecule has 0 saturated carbocycles. The van der Waals surface area contributed by atoms with Gasteiger partial charge < -0.3 is 53.2 Å². The summed E-state index contributed by atoms with van der Waals surface area (Å²) in [5.41, 5.74) is 0. The van der Waals surface area contributed by atoms with Gasteiger partial charge in [0.25, 0.3) is 0 Å². The molecule has 0 aromatic carbocycles. The van der Waals surface area contributed by atoms with E-state index in [1.165, 1.54) is 70.6 Å². The molecule has 0 rings (SSSR count). The van der Waals surface area contributed by atoms with Crippen molar-refractivity contribution < 1.29 is 58.0 Å². The lowest BCUT2D eigenvalue weighted by Gasteiger charge is -2.12. The van der Waals surface area contributed by atoms with Gasteiger partial charge in [-0.05, 0) is 6.42 Å². The Morgan fingerprint density at radius 3 is 1.17 bits per heavy atom. The molecule has 0 aliphatic carbocycles. The van der Waals surface area contributed by atoms with Crippen molar-refractivity contribution in [2.45, 2.75) is 96.7 Å². The molecule has 0 spiro atoms. The van der Waals surface area contributed by atoms with E-state index in [0.29, 0.717) is 92.5 Å². The highest BCUT2D eigenvalue weighted by molar-refractivity contribution is 5.78. The molecule has 0 fully saturated rings. The molecule has 3 N–H and O–H groups in total. The second kappa shape index (κ2) is 43.8. The van der Waals surface area contributed by atoms with Crippen LogP contribution in [-0.2, 0) is 42.7 Å². The van der Waals surface area contributed by atoms with Crippen molar-refractivity contribution >= 4 is 5.97 Å². The van der Waals surface area contributed by atoms with Crippen LogP contribution in [0.15, 0.2) is 12.7 Å². The maximum absolute atomic E-state index is 9.86. The van der Waals surface area contributed by atoms with Gasteiger partial charge in [0.15, 0.2) is 6.29 Å². The molecule has 0 aliphatic heterocycles. The first-order chi connectivity index (χ1) is 22.6. The molecule has 0 aliphatic rings. The Bertz CT molecular complexity index is 582. The van der Waals surface area contributed by atoms with Crippen LogP contribution in [0.25, 0.3) is 0 Å². The van der Waals surface area contributed by atoms with Gasteiger partial charge in [-0.15, -0.1) is 0 Å². The Morgan fingerprint density at radius 1 is 0.543 bits per heavy atom. The maximum Gasteiger partial charge on any atom is 0.327 e. The zero-order chi connectivity index (χ0) is 34.0. The summed E-state index contributed by atoms with van der Waals surface area (Å²) in [5, 5.41) is 26.0. The Morgan fingerprint density at radius 2 is 0.848 bits per heavy atom. The summed E-state index contributed by atoms with van der Waals surface area (Å²) in [4.78, 5) is 9.25. The lowest BCUT2D eigenvalue weighted by atomic mass is 10.0. The van der Waals surface area contributed by atoms with E-state index in [1.807, 2.05) is 0 Å². The summed E-state index contributed by atoms with van der Waals surface area (Å²) in [6, 6.07) is 0. The molecule has 0 saturated heterocycles. The smallest absolute Gasteiger partial charge is 0.327 e. The van der Waals surface area contributed by atoms with Gasteiger partial charge in [-0.25, -0.2) is 4.79 Å². The van der Waals surface area contributed by atoms with Crippen LogP contribution in [0.2, 0.25) is 0 Å². The molecule has 12 nitrogen and oxygen atoms in total. The monoisotopic (exact) mass is 668 g/mol. The van der Waals surface area contributed by atoms with Crippen LogP contribution in [0, 0.1) is 0 Å². The number of carboxylic acid groups (broad SMARTS) is 1. The molecule has 1 atom stereocenters. The number of aliphatic carboxylic acids is 1. The van der Waals surface area contributed by atoms with E-state index >= 15 is 0 Å². The molecule has 46 heavy (non-hydrogen) atoms. The number of aliphatic hydroxyl groups is 2. The van der Waals surface area contributed by atoms with E-state index in [0.717, 1.165) is 18.9 Å². The number of rotatable bonds is 38. The molecular weight excluding hydrogens is 600 g/mol. The molecular formula is C34H68O12. The fourth-order valence-electron chi connectivity index (χ4n) is 3.96. The highest BCUT2D eigenvalue weighted by Crippen LogP contribution is 2.12. The first-order valence-electron chi connectivity index (χ1n) is 17.4. The van der Waals surface area contributed by atoms with Crippen LogP contribution < -0.4 is 0 Å². The van der Waals surface area contributed by atoms with Crippen molar-refractivity contribution in [3.05, 3.63) is 12.7 Å². The van der Waals surface area contributed by atoms with Gasteiger partial charge in [0.05, 0.1) is 99.1 Å². The van der Waals surface area contributed by atoms with Gasteiger partial charge in [-0.1, -0.05) is 90.6 Å². The lowest BCUT2D eigenvalue weighted by molar-refractivity contribution is -0.141. The number of aliphatic hydroxyl groups excluding tert-OH is 2. The topological polar surface area (TPSA) is 152 Å². The summed E-state index contributed by atoms with van der Waals surface area (Å²) >= 11 is 0. The molecule has 12 heteroatoms. The lowest BCUT2D eigenvalue weighted by Crippen LogP contribution is -2.21. The summed E-state index contributed by atoms with van der Waals surface area (Å²) < 4.78 is 43.0. The van der Waals surface area contributed by atoms with E-state index in [1.54, 1.807) is 0 Å². The highest BCUT2D eigenvalue weighted by Gasteiger charge is 2.04. The number of hydrogen-bond donors (Lipinski definition) is 3. The van der Waals surface area contributed by atoms with E-state index < -0.39 is 12.3 Å². The average molecular weight is 669 g/mol. The predicted octanol–water partition coefficient (Wildman–Crippen LogP) is 4.78. The Balaban J connectivity index is 0. The first kappa shape index (κ1) is 46.9. The molecule has 0 amide bonds. The molecule has 1 unspecified atom stereocenters. The maximum atomic E-state index is 9.86. The van der Waals surface area contributed by atoms with E-state index in [2.05, 4.69) is 13.5 Å². The Hall–Kier alpha value is -1.19. The average Bonchev–Trinajstić information content (AvgIpc) is 3.05. The van der Waals surface area contributed by atoms with Crippen molar-refractivity contribution in [1.29, 1.82) is 0 Å². The number of carboxylic acids is 1. The highest BCUT2D eigenvalue weighted by atomic mass is 16.6. The van der Waals surface area contributed by atoms with E-state index in [9.17, 15) is 9.90 Å². The van der Waals surface area contributed by atoms with E-state index in [-0.39, 0.29) is 13.2 Å². The largest absolute Gasteiger partial charge is 0.478 e. The molecule has 0 radical (unpaired) electrons. The van der Waals surface area contributed by atoms with E-state index in [4.69, 9.17) is 48.1 Å². The van der Waals surface area contributed by atoms with Crippen LogP contribution >= 0.6 is 0 Å². The van der Waals surface area contributed by atoms with Gasteiger partial charge in [-0.2, -0.15) is 0 Å². The molecule has 0 bridgehead atoms. The third-order valence-corrected chi connectivity index (χ3v) is 6.46. The van der Waals surface area contributed by atoms with Gasteiger partial charge in [-0.3, -0.25) is 0 Å². The SMILES string of the molecule is C=CC(=O)O.CCCCCCCCCCCCCCCOC(O)COCCOCCOCCOCCOCCOCCOCCO. The third-order valence-electron chi connectivity index (χ3n) is 6.46. The zero-order valence-electron chi connectivity index (χ0n) is 28.9. The third kappa shape index (κ3) is 47.2. The van der Waals surface area contributed by atoms with Crippen molar-refractivity contribution in [2.75, 3.05) is 106 Å². The van der Waals surface area contributed by atoms with Crippen LogP contribution in [0.4, 0.5) is 0 Å². The number of unbranched alkanes of at least 4 members (excludes halogenated alkanes) is 12. The summed E-state index contributed by atoms with van der Waals surface area (Å²) in [6.07, 6.45) is 17.1.